The number of carbonyl (C=O) groups is 1. The lowest BCUT2D eigenvalue weighted by Gasteiger charge is -2.38. The number of hydrazine groups is 1. The number of ether oxygens (including phenoxy) is 1. The molecule has 1 aliphatic heterocycles. The van der Waals surface area contributed by atoms with Gasteiger partial charge in [-0.25, -0.2) is 15.2 Å². The fourth-order valence-electron chi connectivity index (χ4n) is 2.33. The molecule has 2 aromatic rings. The topological polar surface area (TPSA) is 57.2 Å². The molecule has 0 bridgehead atoms. The summed E-state index contributed by atoms with van der Waals surface area (Å²) < 4.78 is 5.08. The van der Waals surface area contributed by atoms with Crippen LogP contribution in [0.15, 0.2) is 46.9 Å². The number of hydrogen-bond donors (Lipinski definition) is 1. The number of rotatable bonds is 4. The second kappa shape index (κ2) is 7.21. The first-order valence-electron chi connectivity index (χ1n) is 7.44. The van der Waals surface area contributed by atoms with Gasteiger partial charge in [-0.05, 0) is 42.6 Å². The Bertz CT molecular complexity index is 733. The molecular formula is C16H17ClN4O2S. The van der Waals surface area contributed by atoms with Crippen molar-refractivity contribution in [3.05, 3.63) is 51.7 Å². The summed E-state index contributed by atoms with van der Waals surface area (Å²) in [6.45, 7) is 2.06. The molecule has 0 unspecified atom stereocenters. The highest BCUT2D eigenvalue weighted by molar-refractivity contribution is 7.10. The zero-order chi connectivity index (χ0) is 17.1. The highest BCUT2D eigenvalue weighted by Crippen LogP contribution is 2.31. The zero-order valence-corrected chi connectivity index (χ0v) is 14.8. The molecule has 6 nitrogen and oxygen atoms in total. The molecule has 0 amide bonds. The zero-order valence-electron chi connectivity index (χ0n) is 13.3. The minimum atomic E-state index is -0.476. The molecule has 1 N–H and O–H groups in total. The third kappa shape index (κ3) is 3.38. The number of amidine groups is 1. The summed E-state index contributed by atoms with van der Waals surface area (Å²) in [6, 6.07) is 11.3. The van der Waals surface area contributed by atoms with E-state index in [4.69, 9.17) is 16.3 Å². The highest BCUT2D eigenvalue weighted by atomic mass is 35.5. The molecule has 0 saturated heterocycles. The predicted molar refractivity (Wildman–Crippen MR) is 96.0 cm³/mol. The first-order chi connectivity index (χ1) is 11.6. The Morgan fingerprint density at radius 3 is 2.75 bits per heavy atom. The second-order valence-corrected chi connectivity index (χ2v) is 6.49. The molecule has 126 valence electrons. The summed E-state index contributed by atoms with van der Waals surface area (Å²) >= 11 is 7.59. The number of likely N-dealkylation sites (N-methyl/N-ethyl adjacent to an activating group) is 1. The van der Waals surface area contributed by atoms with Gasteiger partial charge in [-0.2, -0.15) is 0 Å². The van der Waals surface area contributed by atoms with E-state index in [0.717, 1.165) is 10.6 Å². The molecule has 0 saturated carbocycles. The molecule has 0 radical (unpaired) electrons. The lowest BCUT2D eigenvalue weighted by Crippen LogP contribution is -2.54. The van der Waals surface area contributed by atoms with E-state index in [1.807, 2.05) is 29.6 Å². The fourth-order valence-corrected chi connectivity index (χ4v) is 3.21. The normalized spacial score (nSPS) is 17.6. The average molecular weight is 365 g/mol. The van der Waals surface area contributed by atoms with Crippen LogP contribution in [0.3, 0.4) is 0 Å². The van der Waals surface area contributed by atoms with E-state index in [9.17, 15) is 4.79 Å². The van der Waals surface area contributed by atoms with E-state index < -0.39 is 5.97 Å². The van der Waals surface area contributed by atoms with Gasteiger partial charge in [0.15, 0.2) is 6.17 Å². The summed E-state index contributed by atoms with van der Waals surface area (Å²) in [5.74, 6) is -0.282. The number of thiophene rings is 1. The molecule has 2 heterocycles. The van der Waals surface area contributed by atoms with Gasteiger partial charge >= 0.3 is 5.97 Å². The lowest BCUT2D eigenvalue weighted by atomic mass is 10.2. The Morgan fingerprint density at radius 2 is 2.12 bits per heavy atom. The second-order valence-electron chi connectivity index (χ2n) is 5.07. The Morgan fingerprint density at radius 1 is 1.38 bits per heavy atom. The van der Waals surface area contributed by atoms with Crippen LogP contribution < -0.4 is 10.4 Å². The SMILES string of the molecule is CCOC(=O)C1=NN(c2ccc(Cl)cc2)[C@H](c2cccs2)NN1C. The largest absolute Gasteiger partial charge is 0.460 e. The van der Waals surface area contributed by atoms with Gasteiger partial charge in [0.25, 0.3) is 0 Å². The maximum absolute atomic E-state index is 12.2. The van der Waals surface area contributed by atoms with Crippen LogP contribution in [0.4, 0.5) is 5.69 Å². The summed E-state index contributed by atoms with van der Waals surface area (Å²) in [4.78, 5) is 13.2. The summed E-state index contributed by atoms with van der Waals surface area (Å²) in [7, 11) is 1.75. The number of nitrogens with zero attached hydrogens (tertiary/aromatic N) is 3. The Kier molecular flexibility index (Phi) is 5.03. The van der Waals surface area contributed by atoms with Crippen LogP contribution in [0.2, 0.25) is 5.02 Å². The molecule has 24 heavy (non-hydrogen) atoms. The van der Waals surface area contributed by atoms with Gasteiger partial charge in [0.05, 0.1) is 12.3 Å². The van der Waals surface area contributed by atoms with Crippen LogP contribution in [0, 0.1) is 0 Å². The molecule has 0 fully saturated rings. The van der Waals surface area contributed by atoms with Gasteiger partial charge in [0.2, 0.25) is 5.84 Å². The smallest absolute Gasteiger partial charge is 0.377 e. The molecule has 0 aliphatic carbocycles. The monoisotopic (exact) mass is 364 g/mol. The molecule has 1 aliphatic rings. The van der Waals surface area contributed by atoms with Crippen molar-refractivity contribution >= 4 is 40.4 Å². The number of carbonyl (C=O) groups excluding carboxylic acids is 1. The molecule has 1 aromatic carbocycles. The summed E-state index contributed by atoms with van der Waals surface area (Å²) in [5.41, 5.74) is 4.10. The number of anilines is 1. The van der Waals surface area contributed by atoms with E-state index in [1.165, 1.54) is 0 Å². The van der Waals surface area contributed by atoms with Gasteiger partial charge in [0, 0.05) is 16.9 Å². The van der Waals surface area contributed by atoms with Crippen molar-refractivity contribution in [2.45, 2.75) is 13.1 Å². The average Bonchev–Trinajstić information content (AvgIpc) is 3.10. The van der Waals surface area contributed by atoms with Crippen LogP contribution in [0.25, 0.3) is 0 Å². The minimum Gasteiger partial charge on any atom is -0.460 e. The van der Waals surface area contributed by atoms with Crippen molar-refractivity contribution in [2.24, 2.45) is 5.10 Å². The standard InChI is InChI=1S/C16H17ClN4O2S/c1-3-23-16(22)15-19-21(12-8-6-11(17)7-9-12)14(18-20(15)2)13-5-4-10-24-13/h4-10,14,18H,3H2,1-2H3/t14-/m1/s1. The number of hydrazone groups is 1. The highest BCUT2D eigenvalue weighted by Gasteiger charge is 2.32. The summed E-state index contributed by atoms with van der Waals surface area (Å²) in [6.07, 6.45) is -0.227. The predicted octanol–water partition coefficient (Wildman–Crippen LogP) is 3.23. The molecule has 8 heteroatoms. The van der Waals surface area contributed by atoms with Gasteiger partial charge in [-0.3, -0.25) is 5.01 Å². The number of esters is 1. The van der Waals surface area contributed by atoms with Crippen molar-refractivity contribution in [1.82, 2.24) is 10.4 Å². The van der Waals surface area contributed by atoms with E-state index in [0.29, 0.717) is 11.6 Å². The van der Waals surface area contributed by atoms with Crippen LogP contribution in [0.5, 0.6) is 0 Å². The quantitative estimate of drug-likeness (QED) is 0.844. The maximum atomic E-state index is 12.2. The Hall–Kier alpha value is -2.09. The first kappa shape index (κ1) is 16.8. The van der Waals surface area contributed by atoms with Crippen LogP contribution in [-0.2, 0) is 9.53 Å². The van der Waals surface area contributed by atoms with Crippen molar-refractivity contribution < 1.29 is 9.53 Å². The van der Waals surface area contributed by atoms with Gasteiger partial charge in [0.1, 0.15) is 0 Å². The van der Waals surface area contributed by atoms with Crippen molar-refractivity contribution in [3.8, 4) is 0 Å². The van der Waals surface area contributed by atoms with E-state index in [1.54, 1.807) is 47.5 Å². The molecule has 1 atom stereocenters. The molecule has 1 aromatic heterocycles. The van der Waals surface area contributed by atoms with Gasteiger partial charge in [-0.1, -0.05) is 17.7 Å². The van der Waals surface area contributed by atoms with Crippen molar-refractivity contribution in [1.29, 1.82) is 0 Å². The first-order valence-corrected chi connectivity index (χ1v) is 8.69. The Labute approximate surface area is 149 Å². The number of nitrogens with one attached hydrogen (secondary N) is 1. The number of hydrogen-bond acceptors (Lipinski definition) is 7. The van der Waals surface area contributed by atoms with Crippen molar-refractivity contribution in [3.63, 3.8) is 0 Å². The fraction of sp³-hybridized carbons (Fsp3) is 0.250. The summed E-state index contributed by atoms with van der Waals surface area (Å²) in [5, 5.41) is 10.5. The van der Waals surface area contributed by atoms with E-state index in [2.05, 4.69) is 10.5 Å². The van der Waals surface area contributed by atoms with Crippen molar-refractivity contribution in [2.75, 3.05) is 18.7 Å². The van der Waals surface area contributed by atoms with Crippen LogP contribution >= 0.6 is 22.9 Å². The van der Waals surface area contributed by atoms with Crippen LogP contribution in [0.1, 0.15) is 18.0 Å². The minimum absolute atomic E-state index is 0.194. The third-order valence-electron chi connectivity index (χ3n) is 3.44. The number of benzene rings is 1. The van der Waals surface area contributed by atoms with E-state index in [-0.39, 0.29) is 12.0 Å². The van der Waals surface area contributed by atoms with E-state index >= 15 is 0 Å². The maximum Gasteiger partial charge on any atom is 0.377 e. The third-order valence-corrected chi connectivity index (χ3v) is 4.62. The molecule has 3 rings (SSSR count). The van der Waals surface area contributed by atoms with Gasteiger partial charge < -0.3 is 4.74 Å². The van der Waals surface area contributed by atoms with Crippen LogP contribution in [-0.4, -0.2) is 30.5 Å². The Balaban J connectivity index is 2.02. The molecule has 0 spiro atoms. The molecular weight excluding hydrogens is 348 g/mol. The lowest BCUT2D eigenvalue weighted by molar-refractivity contribution is -0.136. The number of halogens is 1. The van der Waals surface area contributed by atoms with Gasteiger partial charge in [-0.15, -0.1) is 16.4 Å².